The Labute approximate surface area is 119 Å². The highest BCUT2D eigenvalue weighted by molar-refractivity contribution is 4.83. The van der Waals surface area contributed by atoms with Gasteiger partial charge in [0.2, 0.25) is 0 Å². The Kier molecular flexibility index (Phi) is 6.28. The van der Waals surface area contributed by atoms with E-state index in [1.807, 2.05) is 6.92 Å². The van der Waals surface area contributed by atoms with Crippen LogP contribution in [0.5, 0.6) is 0 Å². The zero-order valence-corrected chi connectivity index (χ0v) is 13.4. The van der Waals surface area contributed by atoms with Crippen molar-refractivity contribution in [2.45, 2.75) is 77.4 Å². The third-order valence-electron chi connectivity index (χ3n) is 4.85. The van der Waals surface area contributed by atoms with Gasteiger partial charge in [-0.3, -0.25) is 0 Å². The number of hydrogen-bond donors (Lipinski definition) is 2. The summed E-state index contributed by atoms with van der Waals surface area (Å²) in [5.41, 5.74) is 5.41. The third kappa shape index (κ3) is 6.24. The lowest BCUT2D eigenvalue weighted by Gasteiger charge is -2.38. The highest BCUT2D eigenvalue weighted by atomic mass is 16.3. The van der Waals surface area contributed by atoms with Crippen molar-refractivity contribution in [2.24, 2.45) is 11.1 Å². The van der Waals surface area contributed by atoms with Crippen LogP contribution in [-0.2, 0) is 0 Å². The largest absolute Gasteiger partial charge is 0.389 e. The minimum atomic E-state index is -0.673. The second-order valence-corrected chi connectivity index (χ2v) is 7.53. The summed E-state index contributed by atoms with van der Waals surface area (Å²) in [7, 11) is 2.25. The van der Waals surface area contributed by atoms with E-state index < -0.39 is 5.60 Å². The molecule has 3 nitrogen and oxygen atoms in total. The second-order valence-electron chi connectivity index (χ2n) is 7.53. The lowest BCUT2D eigenvalue weighted by molar-refractivity contribution is 0.0553. The SMILES string of the molecule is CN(CCCCC(C)(O)CN)C1CCC(C)(C)CC1. The first kappa shape index (κ1) is 16.9. The molecule has 3 heteroatoms. The minimum absolute atomic E-state index is 0.362. The van der Waals surface area contributed by atoms with E-state index in [9.17, 15) is 5.11 Å². The van der Waals surface area contributed by atoms with Crippen molar-refractivity contribution < 1.29 is 5.11 Å². The van der Waals surface area contributed by atoms with Crippen LogP contribution in [0.25, 0.3) is 0 Å². The number of unbranched alkanes of at least 4 members (excludes halogenated alkanes) is 1. The van der Waals surface area contributed by atoms with E-state index in [-0.39, 0.29) is 0 Å². The molecule has 1 unspecified atom stereocenters. The zero-order chi connectivity index (χ0) is 14.5. The van der Waals surface area contributed by atoms with Gasteiger partial charge in [-0.1, -0.05) is 13.8 Å². The van der Waals surface area contributed by atoms with Crippen LogP contribution < -0.4 is 5.73 Å². The molecule has 0 aromatic heterocycles. The molecule has 0 heterocycles. The summed E-state index contributed by atoms with van der Waals surface area (Å²) in [6, 6.07) is 0.767. The van der Waals surface area contributed by atoms with Gasteiger partial charge in [-0.25, -0.2) is 0 Å². The van der Waals surface area contributed by atoms with Gasteiger partial charge in [0.1, 0.15) is 0 Å². The average molecular weight is 270 g/mol. The van der Waals surface area contributed by atoms with Gasteiger partial charge < -0.3 is 15.7 Å². The van der Waals surface area contributed by atoms with Crippen molar-refractivity contribution >= 4 is 0 Å². The van der Waals surface area contributed by atoms with Gasteiger partial charge in [0.15, 0.2) is 0 Å². The summed E-state index contributed by atoms with van der Waals surface area (Å²) in [6.07, 6.45) is 8.41. The minimum Gasteiger partial charge on any atom is -0.389 e. The van der Waals surface area contributed by atoms with Gasteiger partial charge in [-0.05, 0) is 70.9 Å². The molecule has 0 saturated heterocycles. The van der Waals surface area contributed by atoms with E-state index in [2.05, 4.69) is 25.8 Å². The van der Waals surface area contributed by atoms with Gasteiger partial charge in [0.25, 0.3) is 0 Å². The summed E-state index contributed by atoms with van der Waals surface area (Å²) in [5.74, 6) is 0. The molecule has 1 saturated carbocycles. The Hall–Kier alpha value is -0.120. The van der Waals surface area contributed by atoms with E-state index in [4.69, 9.17) is 5.73 Å². The Bertz CT molecular complexity index is 253. The van der Waals surface area contributed by atoms with E-state index in [1.165, 1.54) is 25.7 Å². The van der Waals surface area contributed by atoms with Gasteiger partial charge in [0, 0.05) is 12.6 Å². The molecule has 3 N–H and O–H groups in total. The highest BCUT2D eigenvalue weighted by Crippen LogP contribution is 2.36. The molecule has 1 atom stereocenters. The first-order chi connectivity index (χ1) is 8.76. The summed E-state index contributed by atoms with van der Waals surface area (Å²) in [5, 5.41) is 9.86. The smallest absolute Gasteiger partial charge is 0.0741 e. The Morgan fingerprint density at radius 3 is 2.37 bits per heavy atom. The molecule has 0 spiro atoms. The molecular weight excluding hydrogens is 236 g/mol. The molecule has 114 valence electrons. The van der Waals surface area contributed by atoms with E-state index in [0.29, 0.717) is 12.0 Å². The van der Waals surface area contributed by atoms with E-state index >= 15 is 0 Å². The van der Waals surface area contributed by atoms with Crippen molar-refractivity contribution in [1.82, 2.24) is 4.90 Å². The molecule has 1 aliphatic carbocycles. The molecule has 0 amide bonds. The number of rotatable bonds is 7. The standard InChI is InChI=1S/C16H34N2O/c1-15(2)10-7-14(8-11-15)18(4)12-6-5-9-16(3,19)13-17/h14,19H,5-13,17H2,1-4H3. The monoisotopic (exact) mass is 270 g/mol. The maximum absolute atomic E-state index is 9.86. The Morgan fingerprint density at radius 2 is 1.84 bits per heavy atom. The molecule has 0 bridgehead atoms. The molecule has 1 fully saturated rings. The summed E-state index contributed by atoms with van der Waals surface area (Å²) in [6.45, 7) is 8.11. The van der Waals surface area contributed by atoms with Gasteiger partial charge in [-0.15, -0.1) is 0 Å². The number of aliphatic hydroxyl groups is 1. The third-order valence-corrected chi connectivity index (χ3v) is 4.85. The first-order valence-corrected chi connectivity index (χ1v) is 7.88. The van der Waals surface area contributed by atoms with E-state index in [0.717, 1.165) is 31.8 Å². The molecule has 1 rings (SSSR count). The van der Waals surface area contributed by atoms with Crippen molar-refractivity contribution in [3.63, 3.8) is 0 Å². The van der Waals surface area contributed by atoms with Crippen LogP contribution >= 0.6 is 0 Å². The fraction of sp³-hybridized carbons (Fsp3) is 1.00. The molecule has 0 aliphatic heterocycles. The molecule has 0 aromatic carbocycles. The number of nitrogens with zero attached hydrogens (tertiary/aromatic N) is 1. The second kappa shape index (κ2) is 7.05. The number of nitrogens with two attached hydrogens (primary N) is 1. The molecule has 0 aromatic rings. The van der Waals surface area contributed by atoms with Crippen LogP contribution in [0, 0.1) is 5.41 Å². The van der Waals surface area contributed by atoms with Crippen LogP contribution in [0.1, 0.15) is 65.7 Å². The van der Waals surface area contributed by atoms with Crippen LogP contribution in [0.15, 0.2) is 0 Å². The summed E-state index contributed by atoms with van der Waals surface area (Å²) < 4.78 is 0. The fourth-order valence-corrected chi connectivity index (χ4v) is 2.98. The molecule has 0 radical (unpaired) electrons. The van der Waals surface area contributed by atoms with Crippen LogP contribution in [0.2, 0.25) is 0 Å². The molecular formula is C16H34N2O. The van der Waals surface area contributed by atoms with Gasteiger partial charge in [-0.2, -0.15) is 0 Å². The quantitative estimate of drug-likeness (QED) is 0.699. The van der Waals surface area contributed by atoms with Crippen molar-refractivity contribution in [3.05, 3.63) is 0 Å². The topological polar surface area (TPSA) is 49.5 Å². The van der Waals surface area contributed by atoms with E-state index in [1.54, 1.807) is 0 Å². The van der Waals surface area contributed by atoms with Crippen LogP contribution in [0.3, 0.4) is 0 Å². The van der Waals surface area contributed by atoms with Gasteiger partial charge >= 0.3 is 0 Å². The predicted octanol–water partition coefficient (Wildman–Crippen LogP) is 2.77. The highest BCUT2D eigenvalue weighted by Gasteiger charge is 2.28. The normalized spacial score (nSPS) is 23.5. The first-order valence-electron chi connectivity index (χ1n) is 7.88. The Morgan fingerprint density at radius 1 is 1.26 bits per heavy atom. The number of hydrogen-bond acceptors (Lipinski definition) is 3. The van der Waals surface area contributed by atoms with Gasteiger partial charge in [0.05, 0.1) is 5.60 Å². The maximum Gasteiger partial charge on any atom is 0.0741 e. The lowest BCUT2D eigenvalue weighted by Crippen LogP contribution is -2.38. The maximum atomic E-state index is 9.86. The van der Waals surface area contributed by atoms with Crippen molar-refractivity contribution in [1.29, 1.82) is 0 Å². The van der Waals surface area contributed by atoms with Crippen LogP contribution in [0.4, 0.5) is 0 Å². The van der Waals surface area contributed by atoms with Crippen molar-refractivity contribution in [3.8, 4) is 0 Å². The summed E-state index contributed by atoms with van der Waals surface area (Å²) in [4.78, 5) is 2.52. The predicted molar refractivity (Wildman–Crippen MR) is 82.2 cm³/mol. The molecule has 1 aliphatic rings. The van der Waals surface area contributed by atoms with Crippen molar-refractivity contribution in [2.75, 3.05) is 20.1 Å². The lowest BCUT2D eigenvalue weighted by atomic mass is 9.75. The molecule has 19 heavy (non-hydrogen) atoms. The van der Waals surface area contributed by atoms with Crippen LogP contribution in [-0.4, -0.2) is 41.8 Å². The Balaban J connectivity index is 2.16. The summed E-state index contributed by atoms with van der Waals surface area (Å²) >= 11 is 0. The fourth-order valence-electron chi connectivity index (χ4n) is 2.98. The average Bonchev–Trinajstić information content (AvgIpc) is 2.34. The zero-order valence-electron chi connectivity index (χ0n) is 13.4.